The molecular weight excluding hydrogens is 216 g/mol. The molecule has 4 nitrogen and oxygen atoms in total. The summed E-state index contributed by atoms with van der Waals surface area (Å²) in [5, 5.41) is 14.4. The van der Waals surface area contributed by atoms with Gasteiger partial charge < -0.3 is 5.11 Å². The Balaban J connectivity index is 2.49. The van der Waals surface area contributed by atoms with Crippen LogP contribution in [0.4, 0.5) is 0 Å². The quantitative estimate of drug-likeness (QED) is 0.882. The Morgan fingerprint density at radius 2 is 2.18 bits per heavy atom. The number of hydrogen-bond donors (Lipinski definition) is 1. The van der Waals surface area contributed by atoms with E-state index in [9.17, 15) is 9.90 Å². The molecule has 0 saturated heterocycles. The highest BCUT2D eigenvalue weighted by Gasteiger charge is 2.28. The molecule has 1 N–H and O–H groups in total. The molecule has 0 unspecified atom stereocenters. The molecule has 2 aromatic rings. The van der Waals surface area contributed by atoms with Crippen molar-refractivity contribution < 1.29 is 9.90 Å². The Kier molecular flexibility index (Phi) is 2.65. The smallest absolute Gasteiger partial charge is 0.309 e. The summed E-state index contributed by atoms with van der Waals surface area (Å²) < 4.78 is 1.79. The first kappa shape index (κ1) is 11.6. The van der Waals surface area contributed by atoms with Crippen LogP contribution in [-0.2, 0) is 18.3 Å². The molecule has 1 aromatic heterocycles. The van der Waals surface area contributed by atoms with Crippen molar-refractivity contribution >= 4 is 16.9 Å². The van der Waals surface area contributed by atoms with Gasteiger partial charge in [0.25, 0.3) is 0 Å². The lowest BCUT2D eigenvalue weighted by molar-refractivity contribution is -0.146. The molecule has 0 atom stereocenters. The Morgan fingerprint density at radius 1 is 1.47 bits per heavy atom. The van der Waals surface area contributed by atoms with Crippen LogP contribution in [0.5, 0.6) is 0 Å². The van der Waals surface area contributed by atoms with Crippen molar-refractivity contribution in [1.82, 2.24) is 9.78 Å². The number of aromatic nitrogens is 2. The fourth-order valence-electron chi connectivity index (χ4n) is 2.01. The zero-order chi connectivity index (χ0) is 12.6. The molecular formula is C13H16N2O2. The van der Waals surface area contributed by atoms with E-state index < -0.39 is 11.4 Å². The van der Waals surface area contributed by atoms with Gasteiger partial charge in [0.2, 0.25) is 0 Å². The number of carboxylic acid groups (broad SMARTS) is 1. The van der Waals surface area contributed by atoms with Gasteiger partial charge in [-0.05, 0) is 25.8 Å². The topological polar surface area (TPSA) is 55.1 Å². The van der Waals surface area contributed by atoms with Crippen molar-refractivity contribution in [2.24, 2.45) is 12.5 Å². The van der Waals surface area contributed by atoms with Gasteiger partial charge in [-0.1, -0.05) is 18.2 Å². The first-order valence-corrected chi connectivity index (χ1v) is 5.55. The zero-order valence-electron chi connectivity index (χ0n) is 10.3. The van der Waals surface area contributed by atoms with E-state index in [1.54, 1.807) is 24.7 Å². The maximum atomic E-state index is 11.2. The standard InChI is InChI=1S/C13H16N2O2/c1-13(2,12(16)17)7-9-5-4-6-10-8-14-15(3)11(9)10/h4-6,8H,7H2,1-3H3,(H,16,17). The molecule has 0 radical (unpaired) electrons. The second-order valence-electron chi connectivity index (χ2n) is 4.99. The number of nitrogens with zero attached hydrogens (tertiary/aromatic N) is 2. The Hall–Kier alpha value is -1.84. The number of hydrogen-bond acceptors (Lipinski definition) is 2. The fourth-order valence-corrected chi connectivity index (χ4v) is 2.01. The van der Waals surface area contributed by atoms with Gasteiger partial charge in [0.1, 0.15) is 0 Å². The van der Waals surface area contributed by atoms with Gasteiger partial charge in [0, 0.05) is 12.4 Å². The summed E-state index contributed by atoms with van der Waals surface area (Å²) in [6.07, 6.45) is 2.30. The summed E-state index contributed by atoms with van der Waals surface area (Å²) in [6, 6.07) is 5.89. The molecule has 17 heavy (non-hydrogen) atoms. The number of carbonyl (C=O) groups is 1. The van der Waals surface area contributed by atoms with Gasteiger partial charge >= 0.3 is 5.97 Å². The summed E-state index contributed by atoms with van der Waals surface area (Å²) in [5.74, 6) is -0.781. The van der Waals surface area contributed by atoms with Crippen LogP contribution in [0.1, 0.15) is 19.4 Å². The maximum absolute atomic E-state index is 11.2. The third-order valence-corrected chi connectivity index (χ3v) is 3.06. The fraction of sp³-hybridized carbons (Fsp3) is 0.385. The van der Waals surface area contributed by atoms with Crippen molar-refractivity contribution in [1.29, 1.82) is 0 Å². The van der Waals surface area contributed by atoms with Gasteiger partial charge in [0.05, 0.1) is 17.1 Å². The number of benzene rings is 1. The van der Waals surface area contributed by atoms with Crippen LogP contribution in [0.15, 0.2) is 24.4 Å². The van der Waals surface area contributed by atoms with Gasteiger partial charge in [-0.2, -0.15) is 5.10 Å². The summed E-state index contributed by atoms with van der Waals surface area (Å²) >= 11 is 0. The molecule has 0 aliphatic carbocycles. The van der Waals surface area contributed by atoms with Crippen molar-refractivity contribution in [3.63, 3.8) is 0 Å². The molecule has 0 spiro atoms. The number of rotatable bonds is 3. The van der Waals surface area contributed by atoms with Crippen LogP contribution in [0.25, 0.3) is 10.9 Å². The van der Waals surface area contributed by atoms with Crippen LogP contribution in [0.3, 0.4) is 0 Å². The lowest BCUT2D eigenvalue weighted by Crippen LogP contribution is -2.26. The van der Waals surface area contributed by atoms with Gasteiger partial charge in [-0.3, -0.25) is 9.48 Å². The normalized spacial score (nSPS) is 11.9. The highest BCUT2D eigenvalue weighted by molar-refractivity contribution is 5.83. The highest BCUT2D eigenvalue weighted by Crippen LogP contribution is 2.26. The van der Waals surface area contributed by atoms with Crippen LogP contribution in [0, 0.1) is 5.41 Å². The predicted octanol–water partition coefficient (Wildman–Crippen LogP) is 2.23. The van der Waals surface area contributed by atoms with Crippen LogP contribution in [0.2, 0.25) is 0 Å². The van der Waals surface area contributed by atoms with Crippen molar-refractivity contribution in [2.75, 3.05) is 0 Å². The second kappa shape index (κ2) is 3.87. The zero-order valence-corrected chi connectivity index (χ0v) is 10.3. The van der Waals surface area contributed by atoms with Crippen molar-refractivity contribution in [3.05, 3.63) is 30.0 Å². The van der Waals surface area contributed by atoms with Gasteiger partial charge in [0.15, 0.2) is 0 Å². The molecule has 4 heteroatoms. The first-order chi connectivity index (χ1) is 7.92. The van der Waals surface area contributed by atoms with E-state index in [2.05, 4.69) is 5.10 Å². The largest absolute Gasteiger partial charge is 0.481 e. The third-order valence-electron chi connectivity index (χ3n) is 3.06. The minimum Gasteiger partial charge on any atom is -0.481 e. The number of fused-ring (bicyclic) bond motifs is 1. The van der Waals surface area contributed by atoms with Crippen LogP contribution < -0.4 is 0 Å². The Morgan fingerprint density at radius 3 is 2.82 bits per heavy atom. The second-order valence-corrected chi connectivity index (χ2v) is 4.99. The lowest BCUT2D eigenvalue weighted by atomic mass is 9.85. The molecule has 0 aliphatic heterocycles. The van der Waals surface area contributed by atoms with E-state index in [4.69, 9.17) is 0 Å². The molecule has 1 aromatic carbocycles. The van der Waals surface area contributed by atoms with Gasteiger partial charge in [-0.25, -0.2) is 0 Å². The minimum absolute atomic E-state index is 0.499. The van der Waals surface area contributed by atoms with Crippen LogP contribution >= 0.6 is 0 Å². The highest BCUT2D eigenvalue weighted by atomic mass is 16.4. The molecule has 2 rings (SSSR count). The number of aryl methyl sites for hydroxylation is 1. The van der Waals surface area contributed by atoms with E-state index in [1.807, 2.05) is 25.2 Å². The molecule has 0 fully saturated rings. The van der Waals surface area contributed by atoms with Crippen molar-refractivity contribution in [2.45, 2.75) is 20.3 Å². The Labute approximate surface area is 99.9 Å². The van der Waals surface area contributed by atoms with Crippen molar-refractivity contribution in [3.8, 4) is 0 Å². The predicted molar refractivity (Wildman–Crippen MR) is 65.8 cm³/mol. The number of para-hydroxylation sites is 1. The molecule has 0 saturated carbocycles. The number of aliphatic carboxylic acids is 1. The maximum Gasteiger partial charge on any atom is 0.309 e. The summed E-state index contributed by atoms with van der Waals surface area (Å²) in [4.78, 5) is 11.2. The SMILES string of the molecule is Cn1ncc2cccc(CC(C)(C)C(=O)O)c21. The van der Waals surface area contributed by atoms with Gasteiger partial charge in [-0.15, -0.1) is 0 Å². The van der Waals surface area contributed by atoms with Crippen LogP contribution in [-0.4, -0.2) is 20.9 Å². The Bertz CT molecular complexity index is 570. The number of carboxylic acids is 1. The average Bonchev–Trinajstić information content (AvgIpc) is 2.61. The lowest BCUT2D eigenvalue weighted by Gasteiger charge is -2.19. The monoisotopic (exact) mass is 232 g/mol. The third kappa shape index (κ3) is 2.02. The van der Waals surface area contributed by atoms with E-state index in [0.717, 1.165) is 16.5 Å². The average molecular weight is 232 g/mol. The molecule has 0 amide bonds. The van der Waals surface area contributed by atoms with E-state index in [1.165, 1.54) is 0 Å². The molecule has 0 bridgehead atoms. The molecule has 1 heterocycles. The van der Waals surface area contributed by atoms with E-state index in [-0.39, 0.29) is 0 Å². The first-order valence-electron chi connectivity index (χ1n) is 5.55. The van der Waals surface area contributed by atoms with E-state index in [0.29, 0.717) is 6.42 Å². The summed E-state index contributed by atoms with van der Waals surface area (Å²) in [6.45, 7) is 3.48. The summed E-state index contributed by atoms with van der Waals surface area (Å²) in [5.41, 5.74) is 1.27. The summed E-state index contributed by atoms with van der Waals surface area (Å²) in [7, 11) is 1.87. The van der Waals surface area contributed by atoms with E-state index >= 15 is 0 Å². The molecule has 90 valence electrons. The molecule has 0 aliphatic rings. The minimum atomic E-state index is -0.781.